The summed E-state index contributed by atoms with van der Waals surface area (Å²) in [6.45, 7) is 12.8. The van der Waals surface area contributed by atoms with Crippen molar-refractivity contribution in [1.29, 1.82) is 0 Å². The normalized spacial score (nSPS) is 21.4. The summed E-state index contributed by atoms with van der Waals surface area (Å²) in [5.74, 6) is 1.47. The molecule has 2 heterocycles. The minimum absolute atomic E-state index is 0.0857. The third-order valence-electron chi connectivity index (χ3n) is 4.96. The zero-order valence-corrected chi connectivity index (χ0v) is 14.0. The van der Waals surface area contributed by atoms with Crippen LogP contribution in [0.4, 0.5) is 0 Å². The smallest absolute Gasteiger partial charge is 0.243 e. The molecular formula is C16H29N3O2. The molecule has 21 heavy (non-hydrogen) atoms. The van der Waals surface area contributed by atoms with Crippen LogP contribution in [-0.4, -0.2) is 39.8 Å². The van der Waals surface area contributed by atoms with Crippen LogP contribution in [0, 0.1) is 5.41 Å². The number of aliphatic hydroxyl groups excluding tert-OH is 1. The molecule has 1 unspecified atom stereocenters. The molecule has 0 amide bonds. The average molecular weight is 295 g/mol. The largest absolute Gasteiger partial charge is 0.396 e. The molecule has 0 radical (unpaired) electrons. The molecule has 5 heteroatoms. The molecular weight excluding hydrogens is 266 g/mol. The molecule has 0 spiro atoms. The Labute approximate surface area is 127 Å². The molecule has 1 fully saturated rings. The van der Waals surface area contributed by atoms with Crippen molar-refractivity contribution >= 4 is 0 Å². The van der Waals surface area contributed by atoms with Crippen LogP contribution in [-0.2, 0) is 5.41 Å². The predicted octanol–water partition coefficient (Wildman–Crippen LogP) is 2.91. The summed E-state index contributed by atoms with van der Waals surface area (Å²) in [6, 6.07) is 0.141. The number of nitrogens with zero attached hydrogens (tertiary/aromatic N) is 3. The molecule has 1 aliphatic rings. The Bertz CT molecular complexity index is 450. The van der Waals surface area contributed by atoms with Gasteiger partial charge in [0, 0.05) is 12.0 Å². The molecule has 120 valence electrons. The molecule has 1 atom stereocenters. The quantitative estimate of drug-likeness (QED) is 0.925. The summed E-state index contributed by atoms with van der Waals surface area (Å²) in [5.41, 5.74) is 0.0270. The standard InChI is InChI=1S/C16H29N3O2/c1-6-16(11-20)7-9-19(10-8-16)12(2)13-17-14(18-21-13)15(3,4)5/h12,20H,6-11H2,1-5H3. The second-order valence-electron chi connectivity index (χ2n) is 7.43. The van der Waals surface area contributed by atoms with E-state index in [1.807, 2.05) is 0 Å². The first-order valence-corrected chi connectivity index (χ1v) is 8.00. The van der Waals surface area contributed by atoms with E-state index in [4.69, 9.17) is 4.52 Å². The fraction of sp³-hybridized carbons (Fsp3) is 0.875. The number of piperidine rings is 1. The van der Waals surface area contributed by atoms with E-state index in [1.54, 1.807) is 0 Å². The van der Waals surface area contributed by atoms with Crippen molar-refractivity contribution in [2.24, 2.45) is 5.41 Å². The highest BCUT2D eigenvalue weighted by Gasteiger charge is 2.35. The number of aromatic nitrogens is 2. The summed E-state index contributed by atoms with van der Waals surface area (Å²) in [4.78, 5) is 6.94. The molecule has 1 aromatic heterocycles. The molecule has 2 rings (SSSR count). The lowest BCUT2D eigenvalue weighted by Crippen LogP contribution is -2.42. The highest BCUT2D eigenvalue weighted by molar-refractivity contribution is 5.02. The number of hydrogen-bond donors (Lipinski definition) is 1. The molecule has 0 aromatic carbocycles. The summed E-state index contributed by atoms with van der Waals surface area (Å²) < 4.78 is 5.46. The van der Waals surface area contributed by atoms with Crippen molar-refractivity contribution in [2.75, 3.05) is 19.7 Å². The Morgan fingerprint density at radius 2 is 1.95 bits per heavy atom. The van der Waals surface area contributed by atoms with Crippen LogP contribution in [0.1, 0.15) is 71.6 Å². The molecule has 0 aliphatic carbocycles. The number of likely N-dealkylation sites (tertiary alicyclic amines) is 1. The molecule has 0 saturated carbocycles. The first-order valence-electron chi connectivity index (χ1n) is 8.00. The van der Waals surface area contributed by atoms with E-state index >= 15 is 0 Å². The van der Waals surface area contributed by atoms with Crippen molar-refractivity contribution in [3.63, 3.8) is 0 Å². The van der Waals surface area contributed by atoms with Gasteiger partial charge in [0.25, 0.3) is 0 Å². The first-order chi connectivity index (χ1) is 9.81. The van der Waals surface area contributed by atoms with Crippen LogP contribution in [0.15, 0.2) is 4.52 Å². The van der Waals surface area contributed by atoms with Crippen LogP contribution < -0.4 is 0 Å². The van der Waals surface area contributed by atoms with E-state index in [0.717, 1.165) is 38.2 Å². The minimum Gasteiger partial charge on any atom is -0.396 e. The van der Waals surface area contributed by atoms with Gasteiger partial charge in [-0.1, -0.05) is 32.9 Å². The highest BCUT2D eigenvalue weighted by Crippen LogP contribution is 2.36. The Morgan fingerprint density at radius 1 is 1.33 bits per heavy atom. The first kappa shape index (κ1) is 16.4. The topological polar surface area (TPSA) is 62.4 Å². The zero-order chi connectivity index (χ0) is 15.7. The van der Waals surface area contributed by atoms with Crippen molar-refractivity contribution in [2.45, 2.75) is 65.3 Å². The van der Waals surface area contributed by atoms with Crippen LogP contribution in [0.3, 0.4) is 0 Å². The van der Waals surface area contributed by atoms with Crippen LogP contribution in [0.25, 0.3) is 0 Å². The Morgan fingerprint density at radius 3 is 2.38 bits per heavy atom. The van der Waals surface area contributed by atoms with E-state index < -0.39 is 0 Å². The highest BCUT2D eigenvalue weighted by atomic mass is 16.5. The lowest BCUT2D eigenvalue weighted by molar-refractivity contribution is 0.0216. The molecule has 1 aliphatic heterocycles. The Kier molecular flexibility index (Phi) is 4.73. The fourth-order valence-corrected chi connectivity index (χ4v) is 2.87. The van der Waals surface area contributed by atoms with Gasteiger partial charge in [-0.05, 0) is 44.7 Å². The number of rotatable bonds is 4. The van der Waals surface area contributed by atoms with Gasteiger partial charge in [-0.25, -0.2) is 0 Å². The maximum Gasteiger partial charge on any atom is 0.243 e. The van der Waals surface area contributed by atoms with Crippen molar-refractivity contribution in [3.05, 3.63) is 11.7 Å². The van der Waals surface area contributed by atoms with Crippen molar-refractivity contribution in [3.8, 4) is 0 Å². The van der Waals surface area contributed by atoms with E-state index in [9.17, 15) is 5.11 Å². The number of hydrogen-bond acceptors (Lipinski definition) is 5. The summed E-state index contributed by atoms with van der Waals surface area (Å²) >= 11 is 0. The van der Waals surface area contributed by atoms with Crippen LogP contribution >= 0.6 is 0 Å². The maximum absolute atomic E-state index is 9.62. The van der Waals surface area contributed by atoms with Gasteiger partial charge in [-0.2, -0.15) is 4.98 Å². The van der Waals surface area contributed by atoms with Crippen molar-refractivity contribution in [1.82, 2.24) is 15.0 Å². The number of aliphatic hydroxyl groups is 1. The molecule has 1 N–H and O–H groups in total. The third kappa shape index (κ3) is 3.46. The van der Waals surface area contributed by atoms with Gasteiger partial charge in [-0.3, -0.25) is 4.90 Å². The lowest BCUT2D eigenvalue weighted by atomic mass is 9.77. The third-order valence-corrected chi connectivity index (χ3v) is 4.96. The maximum atomic E-state index is 9.62. The summed E-state index contributed by atoms with van der Waals surface area (Å²) in [7, 11) is 0. The van der Waals surface area contributed by atoms with E-state index in [0.29, 0.717) is 12.5 Å². The molecule has 0 bridgehead atoms. The van der Waals surface area contributed by atoms with Gasteiger partial charge >= 0.3 is 0 Å². The SMILES string of the molecule is CCC1(CO)CCN(C(C)c2nc(C(C)(C)C)no2)CC1. The van der Waals surface area contributed by atoms with Crippen molar-refractivity contribution < 1.29 is 9.63 Å². The second kappa shape index (κ2) is 6.05. The van der Waals surface area contributed by atoms with Gasteiger partial charge in [0.2, 0.25) is 5.89 Å². The van der Waals surface area contributed by atoms with Gasteiger partial charge < -0.3 is 9.63 Å². The second-order valence-corrected chi connectivity index (χ2v) is 7.43. The molecule has 1 saturated heterocycles. The van der Waals surface area contributed by atoms with Crippen LogP contribution in [0.5, 0.6) is 0 Å². The lowest BCUT2D eigenvalue weighted by Gasteiger charge is -2.41. The van der Waals surface area contributed by atoms with Crippen LogP contribution in [0.2, 0.25) is 0 Å². The Balaban J connectivity index is 2.02. The van der Waals surface area contributed by atoms with Gasteiger partial charge in [0.15, 0.2) is 5.82 Å². The van der Waals surface area contributed by atoms with E-state index in [-0.39, 0.29) is 16.9 Å². The van der Waals surface area contributed by atoms with Gasteiger partial charge in [0.1, 0.15) is 0 Å². The Hall–Kier alpha value is -0.940. The predicted molar refractivity (Wildman–Crippen MR) is 82.0 cm³/mol. The monoisotopic (exact) mass is 295 g/mol. The van der Waals surface area contributed by atoms with Gasteiger partial charge in [-0.15, -0.1) is 0 Å². The summed E-state index contributed by atoms with van der Waals surface area (Å²) in [6.07, 6.45) is 3.11. The van der Waals surface area contributed by atoms with E-state index in [2.05, 4.69) is 49.7 Å². The fourth-order valence-electron chi connectivity index (χ4n) is 2.87. The average Bonchev–Trinajstić information content (AvgIpc) is 2.96. The minimum atomic E-state index is -0.0857. The molecule has 1 aromatic rings. The summed E-state index contributed by atoms with van der Waals surface area (Å²) in [5, 5.41) is 13.7. The molecule has 5 nitrogen and oxygen atoms in total. The van der Waals surface area contributed by atoms with E-state index in [1.165, 1.54) is 0 Å². The zero-order valence-electron chi connectivity index (χ0n) is 14.0. The van der Waals surface area contributed by atoms with Gasteiger partial charge in [0.05, 0.1) is 6.04 Å².